The van der Waals surface area contributed by atoms with E-state index in [1.54, 1.807) is 6.08 Å². The first-order chi connectivity index (χ1) is 11.1. The highest BCUT2D eigenvalue weighted by molar-refractivity contribution is 5.89. The minimum absolute atomic E-state index is 0.123. The zero-order chi connectivity index (χ0) is 16.3. The Hall–Kier alpha value is -1.65. The van der Waals surface area contributed by atoms with E-state index in [2.05, 4.69) is 29.2 Å². The fraction of sp³-hybridized carbons (Fsp3) is 0.526. The summed E-state index contributed by atoms with van der Waals surface area (Å²) in [6, 6.07) is 10.6. The first-order valence-electron chi connectivity index (χ1n) is 8.37. The number of amides is 1. The van der Waals surface area contributed by atoms with Crippen LogP contribution in [0.4, 0.5) is 0 Å². The summed E-state index contributed by atoms with van der Waals surface area (Å²) in [5, 5.41) is 0. The average Bonchev–Trinajstić information content (AvgIpc) is 2.54. The van der Waals surface area contributed by atoms with Gasteiger partial charge in [-0.2, -0.15) is 0 Å². The number of nitrogens with zero attached hydrogens (tertiary/aromatic N) is 2. The fourth-order valence-electron chi connectivity index (χ4n) is 3.78. The Bertz CT molecular complexity index is 562. The minimum atomic E-state index is 0.123. The van der Waals surface area contributed by atoms with Crippen molar-refractivity contribution in [3.8, 4) is 0 Å². The van der Waals surface area contributed by atoms with E-state index in [-0.39, 0.29) is 17.4 Å². The zero-order valence-corrected chi connectivity index (χ0v) is 14.1. The van der Waals surface area contributed by atoms with Gasteiger partial charge in [0.2, 0.25) is 5.91 Å². The molecule has 0 bridgehead atoms. The Balaban J connectivity index is 1.78. The van der Waals surface area contributed by atoms with E-state index in [1.807, 2.05) is 31.1 Å². The molecule has 4 nitrogen and oxygen atoms in total. The van der Waals surface area contributed by atoms with Gasteiger partial charge in [-0.1, -0.05) is 36.4 Å². The van der Waals surface area contributed by atoms with Crippen LogP contribution >= 0.6 is 0 Å². The Morgan fingerprint density at radius 3 is 2.65 bits per heavy atom. The van der Waals surface area contributed by atoms with E-state index in [4.69, 9.17) is 4.74 Å². The van der Waals surface area contributed by atoms with Gasteiger partial charge >= 0.3 is 0 Å². The highest BCUT2D eigenvalue weighted by Gasteiger charge is 2.54. The van der Waals surface area contributed by atoms with E-state index >= 15 is 0 Å². The molecule has 23 heavy (non-hydrogen) atoms. The predicted octanol–water partition coefficient (Wildman–Crippen LogP) is 2.48. The summed E-state index contributed by atoms with van der Waals surface area (Å²) in [5.41, 5.74) is 1.44. The van der Waals surface area contributed by atoms with Gasteiger partial charge in [0, 0.05) is 37.8 Å². The van der Waals surface area contributed by atoms with Gasteiger partial charge in [-0.25, -0.2) is 0 Å². The highest BCUT2D eigenvalue weighted by atomic mass is 16.5. The number of hydrogen-bond acceptors (Lipinski definition) is 3. The van der Waals surface area contributed by atoms with E-state index in [9.17, 15) is 4.79 Å². The molecule has 0 saturated carbocycles. The van der Waals surface area contributed by atoms with Crippen LogP contribution in [0.3, 0.4) is 0 Å². The third-order valence-electron chi connectivity index (χ3n) is 4.99. The van der Waals surface area contributed by atoms with Gasteiger partial charge < -0.3 is 14.5 Å². The molecule has 3 rings (SSSR count). The lowest BCUT2D eigenvalue weighted by Crippen LogP contribution is -2.62. The summed E-state index contributed by atoms with van der Waals surface area (Å²) >= 11 is 0. The van der Waals surface area contributed by atoms with Crippen molar-refractivity contribution < 1.29 is 9.53 Å². The maximum absolute atomic E-state index is 12.6. The first kappa shape index (κ1) is 16.2. The van der Waals surface area contributed by atoms with Crippen molar-refractivity contribution in [1.29, 1.82) is 0 Å². The third kappa shape index (κ3) is 3.33. The number of carbonyl (C=O) groups is 1. The molecular formula is C19H26N2O2. The van der Waals surface area contributed by atoms with Crippen LogP contribution in [0.2, 0.25) is 0 Å². The maximum atomic E-state index is 12.6. The van der Waals surface area contributed by atoms with Crippen molar-refractivity contribution in [2.45, 2.75) is 18.9 Å². The van der Waals surface area contributed by atoms with Crippen molar-refractivity contribution in [2.75, 3.05) is 40.4 Å². The Kier molecular flexibility index (Phi) is 4.83. The quantitative estimate of drug-likeness (QED) is 0.801. The Morgan fingerprint density at radius 1 is 1.30 bits per heavy atom. The molecular weight excluding hydrogens is 288 g/mol. The molecule has 1 amide bonds. The topological polar surface area (TPSA) is 32.8 Å². The summed E-state index contributed by atoms with van der Waals surface area (Å²) in [5.74, 6) is 0.123. The van der Waals surface area contributed by atoms with Crippen LogP contribution in [-0.2, 0) is 9.53 Å². The number of benzene rings is 1. The number of ether oxygens (including phenoxy) is 1. The molecule has 124 valence electrons. The molecule has 1 unspecified atom stereocenters. The van der Waals surface area contributed by atoms with E-state index in [1.165, 1.54) is 5.56 Å². The number of likely N-dealkylation sites (tertiary alicyclic amines) is 1. The second-order valence-corrected chi connectivity index (χ2v) is 6.92. The van der Waals surface area contributed by atoms with Crippen molar-refractivity contribution >= 4 is 5.91 Å². The second kappa shape index (κ2) is 6.85. The molecule has 4 heteroatoms. The van der Waals surface area contributed by atoms with Crippen LogP contribution in [0.25, 0.3) is 0 Å². The minimum Gasteiger partial charge on any atom is -0.381 e. The second-order valence-electron chi connectivity index (χ2n) is 6.92. The van der Waals surface area contributed by atoms with Crippen LogP contribution in [0.15, 0.2) is 42.5 Å². The standard InChI is InChI=1S/C19H26N2O2/c1-20(2)12-6-9-17(22)21-15-19(10-13-23-14-11-19)18(21)16-7-4-3-5-8-16/h3-9,18H,10-15H2,1-2H3/b9-6+. The van der Waals surface area contributed by atoms with Crippen molar-refractivity contribution in [2.24, 2.45) is 5.41 Å². The molecule has 2 aliphatic rings. The van der Waals surface area contributed by atoms with Gasteiger partial charge in [-0.3, -0.25) is 4.79 Å². The lowest BCUT2D eigenvalue weighted by atomic mass is 9.64. The summed E-state index contributed by atoms with van der Waals surface area (Å²) in [7, 11) is 4.00. The molecule has 0 aromatic heterocycles. The summed E-state index contributed by atoms with van der Waals surface area (Å²) in [4.78, 5) is 16.7. The van der Waals surface area contributed by atoms with Gasteiger partial charge in [0.1, 0.15) is 0 Å². The van der Waals surface area contributed by atoms with Gasteiger partial charge in [-0.15, -0.1) is 0 Å². The predicted molar refractivity (Wildman–Crippen MR) is 91.1 cm³/mol. The lowest BCUT2D eigenvalue weighted by molar-refractivity contribution is -0.164. The van der Waals surface area contributed by atoms with Crippen molar-refractivity contribution in [1.82, 2.24) is 9.80 Å². The van der Waals surface area contributed by atoms with Crippen LogP contribution in [0.1, 0.15) is 24.4 Å². The SMILES string of the molecule is CN(C)C/C=C/C(=O)N1CC2(CCOCC2)C1c1ccccc1. The monoisotopic (exact) mass is 314 g/mol. The van der Waals surface area contributed by atoms with Gasteiger partial charge in [0.05, 0.1) is 6.04 Å². The molecule has 1 atom stereocenters. The maximum Gasteiger partial charge on any atom is 0.246 e. The molecule has 0 radical (unpaired) electrons. The van der Waals surface area contributed by atoms with E-state index in [0.717, 1.165) is 39.1 Å². The molecule has 2 saturated heterocycles. The normalized spacial score (nSPS) is 23.4. The molecule has 1 aromatic rings. The van der Waals surface area contributed by atoms with E-state index < -0.39 is 0 Å². The summed E-state index contributed by atoms with van der Waals surface area (Å²) < 4.78 is 5.55. The molecule has 0 N–H and O–H groups in total. The molecule has 0 aliphatic carbocycles. The van der Waals surface area contributed by atoms with E-state index in [0.29, 0.717) is 0 Å². The zero-order valence-electron chi connectivity index (χ0n) is 14.1. The lowest BCUT2D eigenvalue weighted by Gasteiger charge is -2.59. The van der Waals surface area contributed by atoms with Crippen LogP contribution in [0, 0.1) is 5.41 Å². The smallest absolute Gasteiger partial charge is 0.246 e. The molecule has 2 aliphatic heterocycles. The Labute approximate surface area is 138 Å². The average molecular weight is 314 g/mol. The van der Waals surface area contributed by atoms with Crippen LogP contribution in [-0.4, -0.2) is 56.1 Å². The first-order valence-corrected chi connectivity index (χ1v) is 8.37. The molecule has 2 fully saturated rings. The summed E-state index contributed by atoms with van der Waals surface area (Å²) in [6.07, 6.45) is 5.75. The number of hydrogen-bond donors (Lipinski definition) is 0. The largest absolute Gasteiger partial charge is 0.381 e. The molecule has 1 aromatic carbocycles. The third-order valence-corrected chi connectivity index (χ3v) is 4.99. The van der Waals surface area contributed by atoms with Gasteiger partial charge in [0.15, 0.2) is 0 Å². The number of likely N-dealkylation sites (N-methyl/N-ethyl adjacent to an activating group) is 1. The molecule has 1 spiro atoms. The number of rotatable bonds is 4. The highest BCUT2D eigenvalue weighted by Crippen LogP contribution is 2.54. The Morgan fingerprint density at radius 2 is 2.00 bits per heavy atom. The van der Waals surface area contributed by atoms with Crippen molar-refractivity contribution in [3.63, 3.8) is 0 Å². The number of carbonyl (C=O) groups excluding carboxylic acids is 1. The van der Waals surface area contributed by atoms with Crippen molar-refractivity contribution in [3.05, 3.63) is 48.0 Å². The van der Waals surface area contributed by atoms with Gasteiger partial charge in [0.25, 0.3) is 0 Å². The van der Waals surface area contributed by atoms with Crippen LogP contribution in [0.5, 0.6) is 0 Å². The molecule has 2 heterocycles. The van der Waals surface area contributed by atoms with Gasteiger partial charge in [-0.05, 0) is 32.5 Å². The fourth-order valence-corrected chi connectivity index (χ4v) is 3.78. The van der Waals surface area contributed by atoms with Crippen LogP contribution < -0.4 is 0 Å². The summed E-state index contributed by atoms with van der Waals surface area (Å²) in [6.45, 7) is 3.25.